The van der Waals surface area contributed by atoms with E-state index in [9.17, 15) is 4.39 Å². The number of methoxy groups -OCH3 is 1. The van der Waals surface area contributed by atoms with Crippen molar-refractivity contribution in [3.63, 3.8) is 0 Å². The lowest BCUT2D eigenvalue weighted by Crippen LogP contribution is -1.98. The number of nitrogens with zero attached hydrogens (tertiary/aromatic N) is 1. The maximum absolute atomic E-state index is 13.8. The van der Waals surface area contributed by atoms with Gasteiger partial charge in [0.15, 0.2) is 0 Å². The van der Waals surface area contributed by atoms with Crippen molar-refractivity contribution < 1.29 is 9.13 Å². The number of fused-ring (bicyclic) bond motifs is 1. The molecule has 3 heteroatoms. The van der Waals surface area contributed by atoms with Crippen LogP contribution in [-0.4, -0.2) is 11.7 Å². The summed E-state index contributed by atoms with van der Waals surface area (Å²) in [6.45, 7) is 0.707. The SMILES string of the molecule is COc1ccccc1-c1ccc(Cn2ccc3c(F)cccc32)cc1. The number of hydrogen-bond acceptors (Lipinski definition) is 1. The summed E-state index contributed by atoms with van der Waals surface area (Å²) in [5, 5.41) is 0.660. The molecule has 1 aromatic heterocycles. The van der Waals surface area contributed by atoms with Crippen molar-refractivity contribution in [1.82, 2.24) is 4.57 Å². The van der Waals surface area contributed by atoms with E-state index in [0.717, 1.165) is 22.4 Å². The van der Waals surface area contributed by atoms with Crippen LogP contribution in [0.15, 0.2) is 79.0 Å². The molecule has 1 heterocycles. The number of para-hydroxylation sites is 1. The molecule has 0 amide bonds. The number of ether oxygens (including phenoxy) is 1. The molecule has 0 aliphatic carbocycles. The van der Waals surface area contributed by atoms with Crippen molar-refractivity contribution in [1.29, 1.82) is 0 Å². The van der Waals surface area contributed by atoms with Gasteiger partial charge in [-0.1, -0.05) is 48.5 Å². The fourth-order valence-corrected chi connectivity index (χ4v) is 3.19. The standard InChI is InChI=1S/C22H18FNO/c1-25-22-8-3-2-5-18(22)17-11-9-16(10-12-17)15-24-14-13-19-20(23)6-4-7-21(19)24/h2-14H,15H2,1H3. The zero-order chi connectivity index (χ0) is 17.2. The van der Waals surface area contributed by atoms with Gasteiger partial charge in [0.1, 0.15) is 11.6 Å². The summed E-state index contributed by atoms with van der Waals surface area (Å²) < 4.78 is 21.3. The van der Waals surface area contributed by atoms with Crippen LogP contribution < -0.4 is 4.74 Å². The molecule has 124 valence electrons. The maximum atomic E-state index is 13.8. The van der Waals surface area contributed by atoms with Gasteiger partial charge in [-0.2, -0.15) is 0 Å². The van der Waals surface area contributed by atoms with Gasteiger partial charge in [0, 0.05) is 23.7 Å². The van der Waals surface area contributed by atoms with E-state index in [1.165, 1.54) is 11.6 Å². The van der Waals surface area contributed by atoms with Gasteiger partial charge in [-0.3, -0.25) is 0 Å². The molecular formula is C22H18FNO. The predicted octanol–water partition coefficient (Wildman–Crippen LogP) is 5.50. The molecule has 0 N–H and O–H groups in total. The average Bonchev–Trinajstić information content (AvgIpc) is 3.07. The molecule has 25 heavy (non-hydrogen) atoms. The highest BCUT2D eigenvalue weighted by Crippen LogP contribution is 2.30. The molecule has 0 bridgehead atoms. The fourth-order valence-electron chi connectivity index (χ4n) is 3.19. The molecule has 0 unspecified atom stereocenters. The van der Waals surface area contributed by atoms with Gasteiger partial charge in [0.25, 0.3) is 0 Å². The highest BCUT2D eigenvalue weighted by Gasteiger charge is 2.07. The predicted molar refractivity (Wildman–Crippen MR) is 99.4 cm³/mol. The van der Waals surface area contributed by atoms with Crippen molar-refractivity contribution in [2.45, 2.75) is 6.54 Å². The minimum absolute atomic E-state index is 0.178. The second kappa shape index (κ2) is 6.44. The quantitative estimate of drug-likeness (QED) is 0.481. The van der Waals surface area contributed by atoms with Gasteiger partial charge in [0.2, 0.25) is 0 Å². The lowest BCUT2D eigenvalue weighted by Gasteiger charge is -2.10. The average molecular weight is 331 g/mol. The minimum Gasteiger partial charge on any atom is -0.496 e. The molecule has 0 saturated heterocycles. The third kappa shape index (κ3) is 2.89. The molecule has 3 aromatic carbocycles. The summed E-state index contributed by atoms with van der Waals surface area (Å²) in [5.74, 6) is 0.685. The van der Waals surface area contributed by atoms with E-state index in [4.69, 9.17) is 4.74 Å². The van der Waals surface area contributed by atoms with Crippen LogP contribution in [0.3, 0.4) is 0 Å². The molecule has 0 aliphatic rings. The summed E-state index contributed by atoms with van der Waals surface area (Å²) in [4.78, 5) is 0. The fraction of sp³-hybridized carbons (Fsp3) is 0.0909. The van der Waals surface area contributed by atoms with E-state index in [0.29, 0.717) is 11.9 Å². The molecule has 0 atom stereocenters. The zero-order valence-corrected chi connectivity index (χ0v) is 13.9. The van der Waals surface area contributed by atoms with Crippen LogP contribution in [0.4, 0.5) is 4.39 Å². The Hall–Kier alpha value is -3.07. The molecule has 4 aromatic rings. The lowest BCUT2D eigenvalue weighted by atomic mass is 10.0. The second-order valence-corrected chi connectivity index (χ2v) is 6.01. The molecule has 0 saturated carbocycles. The first-order valence-electron chi connectivity index (χ1n) is 8.22. The summed E-state index contributed by atoms with van der Waals surface area (Å²) >= 11 is 0. The van der Waals surface area contributed by atoms with Crippen LogP contribution in [0.25, 0.3) is 22.0 Å². The van der Waals surface area contributed by atoms with Crippen molar-refractivity contribution >= 4 is 10.9 Å². The minimum atomic E-state index is -0.178. The number of rotatable bonds is 4. The van der Waals surface area contributed by atoms with Crippen LogP contribution in [0.1, 0.15) is 5.56 Å². The first-order valence-corrected chi connectivity index (χ1v) is 8.22. The van der Waals surface area contributed by atoms with E-state index in [1.807, 2.05) is 36.5 Å². The Morgan fingerprint density at radius 1 is 0.880 bits per heavy atom. The van der Waals surface area contributed by atoms with Gasteiger partial charge < -0.3 is 9.30 Å². The summed E-state index contributed by atoms with van der Waals surface area (Å²) in [6, 6.07) is 23.4. The zero-order valence-electron chi connectivity index (χ0n) is 13.9. The topological polar surface area (TPSA) is 14.2 Å². The van der Waals surface area contributed by atoms with Crippen LogP contribution in [0, 0.1) is 5.82 Å². The Labute approximate surface area is 146 Å². The largest absolute Gasteiger partial charge is 0.496 e. The third-order valence-electron chi connectivity index (χ3n) is 4.49. The van der Waals surface area contributed by atoms with Gasteiger partial charge in [0.05, 0.1) is 12.6 Å². The van der Waals surface area contributed by atoms with Gasteiger partial charge in [-0.05, 0) is 35.4 Å². The van der Waals surface area contributed by atoms with Crippen molar-refractivity contribution in [3.05, 3.63) is 90.4 Å². The van der Waals surface area contributed by atoms with Gasteiger partial charge in [-0.15, -0.1) is 0 Å². The Morgan fingerprint density at radius 2 is 1.68 bits per heavy atom. The van der Waals surface area contributed by atoms with E-state index >= 15 is 0 Å². The van der Waals surface area contributed by atoms with Crippen LogP contribution >= 0.6 is 0 Å². The Balaban J connectivity index is 1.63. The Morgan fingerprint density at radius 3 is 2.48 bits per heavy atom. The summed E-state index contributed by atoms with van der Waals surface area (Å²) in [5.41, 5.74) is 4.27. The first kappa shape index (κ1) is 15.5. The highest BCUT2D eigenvalue weighted by molar-refractivity contribution is 5.80. The van der Waals surface area contributed by atoms with Crippen LogP contribution in [0.5, 0.6) is 5.75 Å². The second-order valence-electron chi connectivity index (χ2n) is 6.01. The maximum Gasteiger partial charge on any atom is 0.132 e. The summed E-state index contributed by atoms with van der Waals surface area (Å²) in [6.07, 6.45) is 1.93. The van der Waals surface area contributed by atoms with Crippen LogP contribution in [0.2, 0.25) is 0 Å². The molecule has 2 nitrogen and oxygen atoms in total. The van der Waals surface area contributed by atoms with Crippen molar-refractivity contribution in [2.24, 2.45) is 0 Å². The smallest absolute Gasteiger partial charge is 0.132 e. The van der Waals surface area contributed by atoms with Gasteiger partial charge >= 0.3 is 0 Å². The first-order chi connectivity index (χ1) is 12.3. The third-order valence-corrected chi connectivity index (χ3v) is 4.49. The molecule has 4 rings (SSSR count). The molecular weight excluding hydrogens is 313 g/mol. The molecule has 0 radical (unpaired) electrons. The van der Waals surface area contributed by atoms with E-state index < -0.39 is 0 Å². The monoisotopic (exact) mass is 331 g/mol. The highest BCUT2D eigenvalue weighted by atomic mass is 19.1. The van der Waals surface area contributed by atoms with Gasteiger partial charge in [-0.25, -0.2) is 4.39 Å². The normalized spacial score (nSPS) is 11.0. The summed E-state index contributed by atoms with van der Waals surface area (Å²) in [7, 11) is 1.68. The van der Waals surface area contributed by atoms with E-state index in [2.05, 4.69) is 34.9 Å². The number of halogens is 1. The lowest BCUT2D eigenvalue weighted by molar-refractivity contribution is 0.416. The Bertz CT molecular complexity index is 1020. The molecule has 0 aliphatic heterocycles. The molecule has 0 spiro atoms. The van der Waals surface area contributed by atoms with Crippen molar-refractivity contribution in [2.75, 3.05) is 7.11 Å². The van der Waals surface area contributed by atoms with E-state index in [-0.39, 0.29) is 5.82 Å². The van der Waals surface area contributed by atoms with E-state index in [1.54, 1.807) is 13.2 Å². The van der Waals surface area contributed by atoms with Crippen molar-refractivity contribution in [3.8, 4) is 16.9 Å². The Kier molecular flexibility index (Phi) is 3.98. The molecule has 0 fully saturated rings. The number of hydrogen-bond donors (Lipinski definition) is 0. The number of aromatic nitrogens is 1. The number of benzene rings is 3. The van der Waals surface area contributed by atoms with Crippen LogP contribution in [-0.2, 0) is 6.54 Å².